The van der Waals surface area contributed by atoms with Crippen molar-refractivity contribution in [2.45, 2.75) is 51.7 Å². The number of nitrogens with zero attached hydrogens (tertiary/aromatic N) is 8. The number of piperazine rings is 1. The van der Waals surface area contributed by atoms with Crippen molar-refractivity contribution in [3.8, 4) is 11.4 Å². The maximum absolute atomic E-state index is 12.8. The van der Waals surface area contributed by atoms with Crippen molar-refractivity contribution in [3.63, 3.8) is 0 Å². The summed E-state index contributed by atoms with van der Waals surface area (Å²) in [4.78, 5) is 21.1. The number of hydrogen-bond donors (Lipinski definition) is 0. The number of anilines is 2. The van der Waals surface area contributed by atoms with E-state index in [1.54, 1.807) is 32.5 Å². The van der Waals surface area contributed by atoms with Crippen LogP contribution in [-0.2, 0) is 21.8 Å². The van der Waals surface area contributed by atoms with Crippen molar-refractivity contribution >= 4 is 17.1 Å². The van der Waals surface area contributed by atoms with Crippen LogP contribution in [0.25, 0.3) is 10.5 Å². The van der Waals surface area contributed by atoms with Gasteiger partial charge >= 0.3 is 5.69 Å². The highest BCUT2D eigenvalue weighted by Crippen LogP contribution is 2.39. The zero-order chi connectivity index (χ0) is 34.7. The Bertz CT molecular complexity index is 1990. The van der Waals surface area contributed by atoms with Crippen LogP contribution in [-0.4, -0.2) is 69.6 Å². The molecule has 0 aliphatic carbocycles. The summed E-state index contributed by atoms with van der Waals surface area (Å²) in [5.41, 5.74) is 5.39. The first kappa shape index (κ1) is 33.1. The molecule has 0 N–H and O–H groups in total. The lowest BCUT2D eigenvalue weighted by atomic mass is 9.99. The van der Waals surface area contributed by atoms with Crippen molar-refractivity contribution in [3.05, 3.63) is 125 Å². The normalized spacial score (nSPS) is 19.8. The third-order valence-electron chi connectivity index (χ3n) is 9.65. The Labute approximate surface area is 291 Å². The van der Waals surface area contributed by atoms with E-state index in [0.29, 0.717) is 25.4 Å². The molecule has 2 aliphatic heterocycles. The first-order valence-electron chi connectivity index (χ1n) is 17.1. The lowest BCUT2D eigenvalue weighted by molar-refractivity contribution is -0.191. The lowest BCUT2D eigenvalue weighted by Crippen LogP contribution is -2.46. The van der Waals surface area contributed by atoms with Crippen molar-refractivity contribution in [1.82, 2.24) is 24.1 Å². The van der Waals surface area contributed by atoms with Crippen LogP contribution >= 0.6 is 0 Å². The summed E-state index contributed by atoms with van der Waals surface area (Å²) in [6, 6.07) is 23.9. The quantitative estimate of drug-likeness (QED) is 0.164. The third kappa shape index (κ3) is 6.75. The van der Waals surface area contributed by atoms with Gasteiger partial charge in [-0.15, -0.1) is 0 Å². The number of rotatable bonds is 11. The Morgan fingerprint density at radius 1 is 0.980 bits per heavy atom. The molecule has 2 aromatic heterocycles. The summed E-state index contributed by atoms with van der Waals surface area (Å²) < 4.78 is 24.1. The van der Waals surface area contributed by atoms with Crippen LogP contribution in [0.3, 0.4) is 0 Å². The number of benzene rings is 3. The second-order valence-electron chi connectivity index (χ2n) is 12.9. The molecule has 258 valence electrons. The monoisotopic (exact) mass is 674 g/mol. The molecule has 12 nitrogen and oxygen atoms in total. The molecule has 2 aliphatic rings. The molecule has 2 fully saturated rings. The molecule has 4 heterocycles. The average molecular weight is 675 g/mol. The number of hydrogen-bond acceptors (Lipinski definition) is 8. The molecule has 5 aromatic rings. The summed E-state index contributed by atoms with van der Waals surface area (Å²) in [5.74, 6) is -0.262. The minimum absolute atomic E-state index is 0.0664. The molecule has 0 amide bonds. The van der Waals surface area contributed by atoms with E-state index in [4.69, 9.17) is 20.8 Å². The molecular formula is C38H42N8O4. The van der Waals surface area contributed by atoms with Gasteiger partial charge in [0.15, 0.2) is 5.69 Å². The van der Waals surface area contributed by atoms with Crippen molar-refractivity contribution in [2.24, 2.45) is 0 Å². The molecule has 3 atom stereocenters. The van der Waals surface area contributed by atoms with Crippen LogP contribution in [0, 0.1) is 13.5 Å². The SMILES string of the molecule is [C-]#[N+]c1ccc([C@]2(Cn3cccn3)OC[C@@H](COc3ccc(N4CCN(c5ccc(-n6cnn([C@H](C)CC)c6=O)cc5)CC4)cc3)O2)c(C)c1. The van der Waals surface area contributed by atoms with Gasteiger partial charge in [-0.25, -0.2) is 18.9 Å². The summed E-state index contributed by atoms with van der Waals surface area (Å²) in [7, 11) is 0. The summed E-state index contributed by atoms with van der Waals surface area (Å²) in [5, 5.41) is 8.68. The van der Waals surface area contributed by atoms with Crippen LogP contribution in [0.4, 0.5) is 17.1 Å². The second kappa shape index (κ2) is 14.2. The van der Waals surface area contributed by atoms with Crippen molar-refractivity contribution in [1.29, 1.82) is 0 Å². The fourth-order valence-electron chi connectivity index (χ4n) is 6.67. The van der Waals surface area contributed by atoms with E-state index in [2.05, 4.69) is 56.0 Å². The van der Waals surface area contributed by atoms with Gasteiger partial charge in [0.1, 0.15) is 24.8 Å². The van der Waals surface area contributed by atoms with E-state index in [1.807, 2.05) is 62.5 Å². The molecule has 0 bridgehead atoms. The molecule has 0 radical (unpaired) electrons. The van der Waals surface area contributed by atoms with Gasteiger partial charge in [-0.1, -0.05) is 30.7 Å². The predicted octanol–water partition coefficient (Wildman–Crippen LogP) is 5.73. The Hall–Kier alpha value is -5.38. The van der Waals surface area contributed by atoms with E-state index in [0.717, 1.165) is 66.5 Å². The Balaban J connectivity index is 0.929. The Morgan fingerprint density at radius 3 is 2.28 bits per heavy atom. The second-order valence-corrected chi connectivity index (χ2v) is 12.9. The van der Waals surface area contributed by atoms with E-state index in [9.17, 15) is 4.79 Å². The molecule has 0 saturated carbocycles. The molecule has 2 saturated heterocycles. The predicted molar refractivity (Wildman–Crippen MR) is 191 cm³/mol. The van der Waals surface area contributed by atoms with Gasteiger partial charge < -0.3 is 24.0 Å². The van der Waals surface area contributed by atoms with Crippen molar-refractivity contribution in [2.75, 3.05) is 49.2 Å². The number of aryl methyl sites for hydroxylation is 1. The Morgan fingerprint density at radius 2 is 1.66 bits per heavy atom. The largest absolute Gasteiger partial charge is 0.491 e. The van der Waals surface area contributed by atoms with E-state index in [1.165, 1.54) is 0 Å². The molecule has 7 rings (SSSR count). The van der Waals surface area contributed by atoms with Crippen molar-refractivity contribution < 1.29 is 14.2 Å². The number of ether oxygens (including phenoxy) is 3. The van der Waals surface area contributed by atoms with Gasteiger partial charge in [-0.3, -0.25) is 4.68 Å². The van der Waals surface area contributed by atoms with Crippen LogP contribution in [0.15, 0.2) is 96.3 Å². The van der Waals surface area contributed by atoms with Gasteiger partial charge in [-0.2, -0.15) is 10.2 Å². The topological polar surface area (TPSA) is 96.2 Å². The van der Waals surface area contributed by atoms with E-state index < -0.39 is 5.79 Å². The van der Waals surface area contributed by atoms with Crippen LogP contribution < -0.4 is 20.2 Å². The Kier molecular flexibility index (Phi) is 9.43. The summed E-state index contributed by atoms with van der Waals surface area (Å²) >= 11 is 0. The van der Waals surface area contributed by atoms with Gasteiger partial charge in [0, 0.05) is 55.5 Å². The van der Waals surface area contributed by atoms with Gasteiger partial charge in [0.25, 0.3) is 0 Å². The smallest absolute Gasteiger partial charge is 0.350 e. The molecule has 0 spiro atoms. The maximum atomic E-state index is 12.8. The maximum Gasteiger partial charge on any atom is 0.350 e. The van der Waals surface area contributed by atoms with E-state index in [-0.39, 0.29) is 17.8 Å². The fraction of sp³-hybridized carbons (Fsp3) is 0.368. The molecule has 3 aromatic carbocycles. The van der Waals surface area contributed by atoms with Gasteiger partial charge in [0.2, 0.25) is 5.79 Å². The highest BCUT2D eigenvalue weighted by atomic mass is 16.8. The lowest BCUT2D eigenvalue weighted by Gasteiger charge is -2.37. The van der Waals surface area contributed by atoms with Gasteiger partial charge in [-0.05, 0) is 74.9 Å². The van der Waals surface area contributed by atoms with E-state index >= 15 is 0 Å². The standard InChI is InChI=1S/C38H42N8O4/c1-5-29(3)46-37(47)45(27-41-46)33-10-8-31(9-11-33)42-19-21-43(22-20-42)32-12-14-34(15-13-32)48-24-35-25-49-38(50-35,26-44-18-6-17-40-44)36-16-7-30(39-4)23-28(36)2/h6-18,23,27,29,35H,5,19-22,24-26H2,1-3H3/t29-,35-,38-/m1/s1. The van der Waals surface area contributed by atoms with Crippen LogP contribution in [0.2, 0.25) is 0 Å². The molecule has 12 heteroatoms. The van der Waals surface area contributed by atoms with Crippen LogP contribution in [0.5, 0.6) is 5.75 Å². The minimum atomic E-state index is -1.03. The highest BCUT2D eigenvalue weighted by molar-refractivity contribution is 5.55. The zero-order valence-corrected chi connectivity index (χ0v) is 28.7. The molecule has 50 heavy (non-hydrogen) atoms. The minimum Gasteiger partial charge on any atom is -0.491 e. The first-order valence-corrected chi connectivity index (χ1v) is 17.1. The van der Waals surface area contributed by atoms with Crippen LogP contribution in [0.1, 0.15) is 37.4 Å². The third-order valence-corrected chi connectivity index (χ3v) is 9.65. The molecule has 0 unspecified atom stereocenters. The zero-order valence-electron chi connectivity index (χ0n) is 28.7. The first-order chi connectivity index (χ1) is 24.4. The average Bonchev–Trinajstić information content (AvgIpc) is 3.92. The summed E-state index contributed by atoms with van der Waals surface area (Å²) in [6.07, 6.45) is 5.79. The summed E-state index contributed by atoms with van der Waals surface area (Å²) in [6.45, 7) is 18.1. The molecular weight excluding hydrogens is 632 g/mol. The fourth-order valence-corrected chi connectivity index (χ4v) is 6.67. The number of aromatic nitrogens is 5. The highest BCUT2D eigenvalue weighted by Gasteiger charge is 2.45. The van der Waals surface area contributed by atoms with Gasteiger partial charge in [0.05, 0.1) is 31.5 Å².